The molecular weight excluding hydrogens is 424 g/mol. The number of halogens is 2. The molecule has 0 spiro atoms. The summed E-state index contributed by atoms with van der Waals surface area (Å²) in [6.07, 6.45) is 2.79. The van der Waals surface area contributed by atoms with Crippen molar-refractivity contribution in [3.05, 3.63) is 75.8 Å². The second-order valence-electron chi connectivity index (χ2n) is 6.53. The van der Waals surface area contributed by atoms with Crippen LogP contribution in [0.5, 0.6) is 5.75 Å². The Morgan fingerprint density at radius 1 is 1.13 bits per heavy atom. The maximum atomic E-state index is 13.6. The minimum Gasteiger partial charge on any atom is -0.487 e. The molecule has 0 aliphatic heterocycles. The lowest BCUT2D eigenvalue weighted by Crippen LogP contribution is -2.14. The van der Waals surface area contributed by atoms with Crippen molar-refractivity contribution in [3.63, 3.8) is 0 Å². The highest BCUT2D eigenvalue weighted by atomic mass is 32.1. The van der Waals surface area contributed by atoms with Gasteiger partial charge in [0.05, 0.1) is 22.1 Å². The molecule has 0 fully saturated rings. The molecular formula is C22H19F2N3O3S. The van der Waals surface area contributed by atoms with E-state index in [0.717, 1.165) is 22.8 Å². The first-order valence-corrected chi connectivity index (χ1v) is 10.1. The van der Waals surface area contributed by atoms with Gasteiger partial charge in [0.1, 0.15) is 12.4 Å². The molecule has 0 atom stereocenters. The van der Waals surface area contributed by atoms with Crippen molar-refractivity contribution in [2.45, 2.75) is 20.5 Å². The van der Waals surface area contributed by atoms with Crippen LogP contribution in [0.25, 0.3) is 6.08 Å². The van der Waals surface area contributed by atoms with Crippen molar-refractivity contribution in [3.8, 4) is 5.75 Å². The minimum atomic E-state index is -1.14. The number of carbonyl (C=O) groups excluding carboxylic acids is 2. The second kappa shape index (κ2) is 9.94. The van der Waals surface area contributed by atoms with E-state index in [2.05, 4.69) is 15.6 Å². The van der Waals surface area contributed by atoms with E-state index in [1.54, 1.807) is 41.7 Å². The molecule has 31 heavy (non-hydrogen) atoms. The number of hydrogen-bond acceptors (Lipinski definition) is 5. The predicted octanol–water partition coefficient (Wildman–Crippen LogP) is 4.92. The lowest BCUT2D eigenvalue weighted by atomic mass is 10.2. The van der Waals surface area contributed by atoms with Gasteiger partial charge < -0.3 is 15.4 Å². The molecule has 0 saturated carbocycles. The third-order valence-corrected chi connectivity index (χ3v) is 4.79. The number of nitrogens with zero attached hydrogens (tertiary/aromatic N) is 1. The molecule has 0 bridgehead atoms. The molecule has 3 aromatic rings. The van der Waals surface area contributed by atoms with Crippen molar-refractivity contribution in [2.24, 2.45) is 0 Å². The van der Waals surface area contributed by atoms with E-state index >= 15 is 0 Å². The van der Waals surface area contributed by atoms with Crippen LogP contribution in [0.2, 0.25) is 0 Å². The van der Waals surface area contributed by atoms with Gasteiger partial charge in [-0.05, 0) is 30.7 Å². The van der Waals surface area contributed by atoms with E-state index in [1.807, 2.05) is 12.3 Å². The Morgan fingerprint density at radius 2 is 1.84 bits per heavy atom. The maximum absolute atomic E-state index is 13.6. The summed E-state index contributed by atoms with van der Waals surface area (Å²) in [5, 5.41) is 7.67. The van der Waals surface area contributed by atoms with Gasteiger partial charge in [-0.25, -0.2) is 13.8 Å². The van der Waals surface area contributed by atoms with Crippen LogP contribution >= 0.6 is 11.3 Å². The second-order valence-corrected chi connectivity index (χ2v) is 7.60. The molecule has 0 unspecified atom stereocenters. The normalized spacial score (nSPS) is 10.8. The van der Waals surface area contributed by atoms with Gasteiger partial charge in [0.2, 0.25) is 11.8 Å². The molecule has 3 rings (SSSR count). The van der Waals surface area contributed by atoms with E-state index < -0.39 is 23.4 Å². The molecule has 9 heteroatoms. The number of thiazole rings is 1. The largest absolute Gasteiger partial charge is 0.487 e. The number of ether oxygens (including phenoxy) is 1. The molecule has 1 heterocycles. The van der Waals surface area contributed by atoms with E-state index in [0.29, 0.717) is 17.9 Å². The Kier molecular flexibility index (Phi) is 7.09. The number of nitrogens with one attached hydrogen (secondary N) is 2. The maximum Gasteiger partial charge on any atom is 0.248 e. The van der Waals surface area contributed by atoms with Crippen molar-refractivity contribution < 1.29 is 23.1 Å². The molecule has 0 saturated heterocycles. The summed E-state index contributed by atoms with van der Waals surface area (Å²) in [5.74, 6) is -2.74. The zero-order valence-corrected chi connectivity index (χ0v) is 17.6. The monoisotopic (exact) mass is 443 g/mol. The highest BCUT2D eigenvalue weighted by molar-refractivity contribution is 7.09. The van der Waals surface area contributed by atoms with E-state index in [4.69, 9.17) is 4.74 Å². The number of rotatable bonds is 7. The van der Waals surface area contributed by atoms with Crippen LogP contribution in [-0.4, -0.2) is 16.8 Å². The molecule has 160 valence electrons. The lowest BCUT2D eigenvalue weighted by molar-refractivity contribution is -0.114. The van der Waals surface area contributed by atoms with Crippen molar-refractivity contribution in [1.29, 1.82) is 0 Å². The van der Waals surface area contributed by atoms with Crippen LogP contribution < -0.4 is 15.4 Å². The molecule has 0 aliphatic carbocycles. The molecule has 0 radical (unpaired) electrons. The van der Waals surface area contributed by atoms with Gasteiger partial charge in [0.15, 0.2) is 11.6 Å². The lowest BCUT2D eigenvalue weighted by Gasteiger charge is -2.11. The Morgan fingerprint density at radius 3 is 2.48 bits per heavy atom. The highest BCUT2D eigenvalue weighted by Gasteiger charge is 2.12. The molecule has 2 aromatic carbocycles. The Balaban J connectivity index is 1.66. The molecule has 0 aliphatic rings. The summed E-state index contributed by atoms with van der Waals surface area (Å²) in [5.41, 5.74) is 1.44. The summed E-state index contributed by atoms with van der Waals surface area (Å²) in [4.78, 5) is 27.9. The van der Waals surface area contributed by atoms with Gasteiger partial charge in [0.25, 0.3) is 0 Å². The quantitative estimate of drug-likeness (QED) is 0.508. The van der Waals surface area contributed by atoms with Gasteiger partial charge in [0, 0.05) is 30.5 Å². The zero-order valence-electron chi connectivity index (χ0n) is 16.7. The van der Waals surface area contributed by atoms with Crippen LogP contribution in [0.1, 0.15) is 23.2 Å². The highest BCUT2D eigenvalue weighted by Crippen LogP contribution is 2.25. The third-order valence-electron chi connectivity index (χ3n) is 3.97. The standard InChI is InChI=1S/C22H19F2N3O3S/c1-13(28)25-20-9-18(23)19(24)10-21(20)27-22(29)7-6-15-4-3-5-17(8-15)30-11-16-12-31-14(2)26-16/h3-10,12H,11H2,1-2H3,(H,25,28)(H,27,29)/b7-6+. The Hall–Kier alpha value is -3.59. The predicted molar refractivity (Wildman–Crippen MR) is 116 cm³/mol. The minimum absolute atomic E-state index is 0.0409. The fourth-order valence-electron chi connectivity index (χ4n) is 2.63. The fraction of sp³-hybridized carbons (Fsp3) is 0.136. The van der Waals surface area contributed by atoms with Crippen LogP contribution in [-0.2, 0) is 16.2 Å². The Labute approximate surface area is 181 Å². The van der Waals surface area contributed by atoms with Gasteiger partial charge in [-0.2, -0.15) is 0 Å². The number of aromatic nitrogens is 1. The number of anilines is 2. The van der Waals surface area contributed by atoms with Crippen molar-refractivity contribution in [1.82, 2.24) is 4.98 Å². The summed E-state index contributed by atoms with van der Waals surface area (Å²) in [6, 6.07) is 8.72. The van der Waals surface area contributed by atoms with Crippen LogP contribution in [0.4, 0.5) is 20.2 Å². The topological polar surface area (TPSA) is 80.3 Å². The average molecular weight is 443 g/mol. The van der Waals surface area contributed by atoms with Gasteiger partial charge >= 0.3 is 0 Å². The van der Waals surface area contributed by atoms with E-state index in [1.165, 1.54) is 13.0 Å². The number of benzene rings is 2. The summed E-state index contributed by atoms with van der Waals surface area (Å²) < 4.78 is 32.7. The average Bonchev–Trinajstić information content (AvgIpc) is 3.14. The first-order valence-electron chi connectivity index (χ1n) is 9.20. The molecule has 6 nitrogen and oxygen atoms in total. The summed E-state index contributed by atoms with van der Waals surface area (Å²) in [7, 11) is 0. The van der Waals surface area contributed by atoms with Gasteiger partial charge in [-0.15, -0.1) is 11.3 Å². The first kappa shape index (κ1) is 22.1. The fourth-order valence-corrected chi connectivity index (χ4v) is 3.23. The number of carbonyl (C=O) groups is 2. The van der Waals surface area contributed by atoms with Crippen LogP contribution in [0.3, 0.4) is 0 Å². The van der Waals surface area contributed by atoms with E-state index in [-0.39, 0.29) is 11.4 Å². The van der Waals surface area contributed by atoms with Crippen molar-refractivity contribution >= 4 is 40.6 Å². The van der Waals surface area contributed by atoms with Gasteiger partial charge in [-0.1, -0.05) is 12.1 Å². The van der Waals surface area contributed by atoms with Crippen LogP contribution in [0, 0.1) is 18.6 Å². The molecule has 2 N–H and O–H groups in total. The zero-order chi connectivity index (χ0) is 22.4. The number of hydrogen-bond donors (Lipinski definition) is 2. The number of aryl methyl sites for hydroxylation is 1. The SMILES string of the molecule is CC(=O)Nc1cc(F)c(F)cc1NC(=O)/C=C/c1cccc(OCc2csc(C)n2)c1. The number of amides is 2. The van der Waals surface area contributed by atoms with Crippen molar-refractivity contribution in [2.75, 3.05) is 10.6 Å². The summed E-state index contributed by atoms with van der Waals surface area (Å²) >= 11 is 1.55. The molecule has 2 amide bonds. The third kappa shape index (κ3) is 6.45. The van der Waals surface area contributed by atoms with E-state index in [9.17, 15) is 18.4 Å². The van der Waals surface area contributed by atoms with Gasteiger partial charge in [-0.3, -0.25) is 9.59 Å². The Bertz CT molecular complexity index is 1140. The smallest absolute Gasteiger partial charge is 0.248 e. The van der Waals surface area contributed by atoms with Crippen LogP contribution in [0.15, 0.2) is 47.9 Å². The molecule has 1 aromatic heterocycles. The summed E-state index contributed by atoms with van der Waals surface area (Å²) in [6.45, 7) is 3.47. The first-order chi connectivity index (χ1) is 14.8.